The molecule has 2 atom stereocenters. The Morgan fingerprint density at radius 3 is 3.00 bits per heavy atom. The molecule has 0 unspecified atom stereocenters. The minimum absolute atomic E-state index is 0.221. The van der Waals surface area contributed by atoms with Gasteiger partial charge in [0.05, 0.1) is 12.6 Å². The SMILES string of the molecule is Cc1noc(CN2CC[C@@H](O)[C@]3(CCCN(C(=O)CC4=CCCC4)C3)C2)n1. The van der Waals surface area contributed by atoms with E-state index < -0.39 is 0 Å². The number of carbonyl (C=O) groups is 1. The normalized spacial score (nSPS) is 29.3. The van der Waals surface area contributed by atoms with Crippen LogP contribution in [0, 0.1) is 12.3 Å². The summed E-state index contributed by atoms with van der Waals surface area (Å²) in [5, 5.41) is 14.7. The van der Waals surface area contributed by atoms with Gasteiger partial charge in [-0.15, -0.1) is 0 Å². The van der Waals surface area contributed by atoms with Gasteiger partial charge in [-0.2, -0.15) is 4.98 Å². The van der Waals surface area contributed by atoms with E-state index >= 15 is 0 Å². The topological polar surface area (TPSA) is 82.7 Å². The van der Waals surface area contributed by atoms with Crippen LogP contribution in [0.25, 0.3) is 0 Å². The average molecular weight is 374 g/mol. The van der Waals surface area contributed by atoms with E-state index in [2.05, 4.69) is 21.1 Å². The summed E-state index contributed by atoms with van der Waals surface area (Å²) in [6.07, 6.45) is 8.39. The Kier molecular flexibility index (Phi) is 5.32. The Balaban J connectivity index is 1.42. The molecule has 148 valence electrons. The molecule has 7 heteroatoms. The second-order valence-electron chi connectivity index (χ2n) is 8.46. The Labute approximate surface area is 160 Å². The van der Waals surface area contributed by atoms with Crippen LogP contribution in [0.2, 0.25) is 0 Å². The van der Waals surface area contributed by atoms with Gasteiger partial charge in [0.1, 0.15) is 0 Å². The van der Waals surface area contributed by atoms with E-state index in [-0.39, 0.29) is 17.4 Å². The van der Waals surface area contributed by atoms with Gasteiger partial charge in [0.2, 0.25) is 11.8 Å². The molecule has 1 aromatic rings. The second-order valence-corrected chi connectivity index (χ2v) is 8.46. The Morgan fingerprint density at radius 1 is 1.37 bits per heavy atom. The van der Waals surface area contributed by atoms with E-state index in [1.807, 2.05) is 11.8 Å². The maximum atomic E-state index is 12.8. The van der Waals surface area contributed by atoms with E-state index in [0.717, 1.165) is 51.7 Å². The highest BCUT2D eigenvalue weighted by Gasteiger charge is 2.46. The van der Waals surface area contributed by atoms with Crippen LogP contribution in [-0.2, 0) is 11.3 Å². The molecule has 0 aromatic carbocycles. The number of amides is 1. The largest absolute Gasteiger partial charge is 0.392 e. The molecule has 1 aromatic heterocycles. The van der Waals surface area contributed by atoms with Gasteiger partial charge in [0, 0.05) is 38.0 Å². The number of aliphatic hydroxyl groups is 1. The molecule has 4 rings (SSSR count). The number of rotatable bonds is 4. The third kappa shape index (κ3) is 4.09. The van der Waals surface area contributed by atoms with Crippen molar-refractivity contribution in [3.63, 3.8) is 0 Å². The first-order chi connectivity index (χ1) is 13.0. The van der Waals surface area contributed by atoms with Gasteiger partial charge in [-0.25, -0.2) is 0 Å². The summed E-state index contributed by atoms with van der Waals surface area (Å²) in [5.74, 6) is 1.49. The highest BCUT2D eigenvalue weighted by Crippen LogP contribution is 2.39. The molecule has 2 fully saturated rings. The van der Waals surface area contributed by atoms with E-state index in [9.17, 15) is 9.90 Å². The zero-order valence-electron chi connectivity index (χ0n) is 16.2. The molecule has 0 radical (unpaired) electrons. The molecule has 1 N–H and O–H groups in total. The number of piperidine rings is 2. The number of carbonyl (C=O) groups excluding carboxylic acids is 1. The molecule has 1 amide bonds. The predicted octanol–water partition coefficient (Wildman–Crippen LogP) is 2.05. The van der Waals surface area contributed by atoms with Crippen LogP contribution < -0.4 is 0 Å². The summed E-state index contributed by atoms with van der Waals surface area (Å²) < 4.78 is 5.27. The minimum Gasteiger partial charge on any atom is -0.392 e. The van der Waals surface area contributed by atoms with E-state index in [1.165, 1.54) is 12.0 Å². The van der Waals surface area contributed by atoms with Crippen molar-refractivity contribution in [2.45, 2.75) is 64.5 Å². The van der Waals surface area contributed by atoms with Gasteiger partial charge in [-0.05, 0) is 45.4 Å². The fourth-order valence-corrected chi connectivity index (χ4v) is 4.95. The standard InChI is InChI=1S/C20H30N4O3/c1-15-21-18(27-22-15)12-23-10-7-17(25)20(13-23)8-4-9-24(14-20)19(26)11-16-5-2-3-6-16/h5,17,25H,2-4,6-14H2,1H3/t17-,20-/m1/s1. The molecule has 7 nitrogen and oxygen atoms in total. The number of allylic oxidation sites excluding steroid dienone is 1. The van der Waals surface area contributed by atoms with Crippen molar-refractivity contribution < 1.29 is 14.4 Å². The van der Waals surface area contributed by atoms with Gasteiger partial charge >= 0.3 is 0 Å². The van der Waals surface area contributed by atoms with Gasteiger partial charge in [0.15, 0.2) is 5.82 Å². The smallest absolute Gasteiger partial charge is 0.240 e. The molecule has 3 aliphatic rings. The summed E-state index contributed by atoms with van der Waals surface area (Å²) in [6.45, 7) is 5.46. The van der Waals surface area contributed by atoms with Crippen molar-refractivity contribution in [2.24, 2.45) is 5.41 Å². The Bertz CT molecular complexity index is 716. The van der Waals surface area contributed by atoms with Gasteiger partial charge in [-0.3, -0.25) is 9.69 Å². The third-order valence-corrected chi connectivity index (χ3v) is 6.37. The lowest BCUT2D eigenvalue weighted by atomic mass is 9.71. The fraction of sp³-hybridized carbons (Fsp3) is 0.750. The molecule has 27 heavy (non-hydrogen) atoms. The molecule has 2 saturated heterocycles. The molecule has 3 heterocycles. The molecule has 0 saturated carbocycles. The predicted molar refractivity (Wildman–Crippen MR) is 99.7 cm³/mol. The zero-order chi connectivity index (χ0) is 18.9. The molecule has 1 spiro atoms. The van der Waals surface area contributed by atoms with Gasteiger partial charge in [0.25, 0.3) is 0 Å². The lowest BCUT2D eigenvalue weighted by molar-refractivity contribution is -0.141. The van der Waals surface area contributed by atoms with Crippen molar-refractivity contribution >= 4 is 5.91 Å². The first-order valence-electron chi connectivity index (χ1n) is 10.2. The van der Waals surface area contributed by atoms with E-state index in [4.69, 9.17) is 4.52 Å². The van der Waals surface area contributed by atoms with Crippen molar-refractivity contribution in [1.29, 1.82) is 0 Å². The fourth-order valence-electron chi connectivity index (χ4n) is 4.95. The lowest BCUT2D eigenvalue weighted by Gasteiger charge is -2.51. The number of aliphatic hydroxyl groups excluding tert-OH is 1. The van der Waals surface area contributed by atoms with Crippen LogP contribution in [-0.4, -0.2) is 63.2 Å². The maximum Gasteiger partial charge on any atom is 0.240 e. The van der Waals surface area contributed by atoms with Crippen molar-refractivity contribution in [3.05, 3.63) is 23.4 Å². The Morgan fingerprint density at radius 2 is 2.26 bits per heavy atom. The molecule has 2 aliphatic heterocycles. The summed E-state index contributed by atoms with van der Waals surface area (Å²) >= 11 is 0. The molecule has 0 bridgehead atoms. The molecule has 1 aliphatic carbocycles. The highest BCUT2D eigenvalue weighted by atomic mass is 16.5. The van der Waals surface area contributed by atoms with Crippen LogP contribution in [0.5, 0.6) is 0 Å². The Hall–Kier alpha value is -1.73. The second kappa shape index (κ2) is 7.72. The molecular formula is C20H30N4O3. The van der Waals surface area contributed by atoms with Crippen molar-refractivity contribution in [2.75, 3.05) is 26.2 Å². The maximum absolute atomic E-state index is 12.8. The summed E-state index contributed by atoms with van der Waals surface area (Å²) in [5.41, 5.74) is 1.04. The van der Waals surface area contributed by atoms with Gasteiger partial charge in [-0.1, -0.05) is 16.8 Å². The van der Waals surface area contributed by atoms with E-state index in [1.54, 1.807) is 0 Å². The van der Waals surface area contributed by atoms with Crippen LogP contribution in [0.4, 0.5) is 0 Å². The van der Waals surface area contributed by atoms with E-state index in [0.29, 0.717) is 31.2 Å². The number of likely N-dealkylation sites (tertiary alicyclic amines) is 2. The number of hydrogen-bond acceptors (Lipinski definition) is 6. The van der Waals surface area contributed by atoms with Crippen LogP contribution >= 0.6 is 0 Å². The highest BCUT2D eigenvalue weighted by molar-refractivity contribution is 5.79. The van der Waals surface area contributed by atoms with Crippen molar-refractivity contribution in [1.82, 2.24) is 19.9 Å². The number of aryl methyl sites for hydroxylation is 1. The summed E-state index contributed by atoms with van der Waals surface area (Å²) in [4.78, 5) is 21.4. The first kappa shape index (κ1) is 18.6. The van der Waals surface area contributed by atoms with Crippen molar-refractivity contribution in [3.8, 4) is 0 Å². The van der Waals surface area contributed by atoms with Gasteiger partial charge < -0.3 is 14.5 Å². The third-order valence-electron chi connectivity index (χ3n) is 6.37. The number of nitrogens with zero attached hydrogens (tertiary/aromatic N) is 4. The first-order valence-corrected chi connectivity index (χ1v) is 10.2. The van der Waals surface area contributed by atoms with Crippen LogP contribution in [0.15, 0.2) is 16.2 Å². The molecular weight excluding hydrogens is 344 g/mol. The zero-order valence-corrected chi connectivity index (χ0v) is 16.2. The summed E-state index contributed by atoms with van der Waals surface area (Å²) in [6, 6.07) is 0. The number of hydrogen-bond donors (Lipinski definition) is 1. The van der Waals surface area contributed by atoms with Crippen LogP contribution in [0.3, 0.4) is 0 Å². The quantitative estimate of drug-likeness (QED) is 0.812. The summed E-state index contributed by atoms with van der Waals surface area (Å²) in [7, 11) is 0. The lowest BCUT2D eigenvalue weighted by Crippen LogP contribution is -2.59. The number of aromatic nitrogens is 2. The van der Waals surface area contributed by atoms with Crippen LogP contribution in [0.1, 0.15) is 56.7 Å². The monoisotopic (exact) mass is 374 g/mol. The minimum atomic E-state index is -0.362. The average Bonchev–Trinajstić information content (AvgIpc) is 3.30.